The third-order valence-corrected chi connectivity index (χ3v) is 19.0. The Morgan fingerprint density at radius 1 is 0.385 bits per heavy atom. The molecule has 65 heavy (non-hydrogen) atoms. The van der Waals surface area contributed by atoms with Crippen LogP contribution in [-0.2, 0) is 0 Å². The summed E-state index contributed by atoms with van der Waals surface area (Å²) in [6, 6.07) is 83.6. The summed E-state index contributed by atoms with van der Waals surface area (Å²) in [5.74, 6) is 0.268. The van der Waals surface area contributed by atoms with Crippen molar-refractivity contribution in [3.63, 3.8) is 0 Å². The topological polar surface area (TPSA) is 14.8 Å². The van der Waals surface area contributed by atoms with E-state index in [1.807, 2.05) is 0 Å². The van der Waals surface area contributed by atoms with Crippen LogP contribution < -0.4 is 15.6 Å². The summed E-state index contributed by atoms with van der Waals surface area (Å²) in [5.41, 5.74) is 11.1. The summed E-state index contributed by atoms with van der Waals surface area (Å²) in [5, 5.41) is 13.2. The van der Waals surface area contributed by atoms with Crippen LogP contribution in [0.15, 0.2) is 242 Å². The zero-order valence-electron chi connectivity index (χ0n) is 36.1. The highest BCUT2D eigenvalue weighted by molar-refractivity contribution is 7.17. The number of nitrogens with zero attached hydrogens (tertiary/aromatic N) is 3. The SMILES string of the molecule is CC1CC=C([Si](c2ccccc2)(c2ccccc2)c2cccc3c4ccccc4n(-c4ccccc4)c23)C=C1n1c2ccccc2c2cc3c(cc21)c1ccccc1n3-c1ccccc1. The van der Waals surface area contributed by atoms with Crippen molar-refractivity contribution in [2.45, 2.75) is 13.3 Å². The van der Waals surface area contributed by atoms with Gasteiger partial charge in [-0.3, -0.25) is 0 Å². The van der Waals surface area contributed by atoms with Gasteiger partial charge in [-0.1, -0.05) is 183 Å². The number of para-hydroxylation sites is 6. The van der Waals surface area contributed by atoms with E-state index in [-0.39, 0.29) is 5.92 Å². The molecule has 1 unspecified atom stereocenters. The Labute approximate surface area is 379 Å². The highest BCUT2D eigenvalue weighted by Crippen LogP contribution is 2.43. The van der Waals surface area contributed by atoms with Crippen molar-refractivity contribution in [1.29, 1.82) is 0 Å². The number of rotatable bonds is 7. The number of aromatic nitrogens is 3. The van der Waals surface area contributed by atoms with Crippen molar-refractivity contribution in [2.75, 3.05) is 0 Å². The van der Waals surface area contributed by atoms with E-state index >= 15 is 0 Å². The normalized spacial score (nSPS) is 14.5. The molecule has 3 heterocycles. The molecule has 9 aromatic carbocycles. The van der Waals surface area contributed by atoms with E-state index in [0.717, 1.165) is 6.42 Å². The van der Waals surface area contributed by atoms with Crippen LogP contribution in [0.5, 0.6) is 0 Å². The molecular formula is C61H45N3Si. The minimum Gasteiger partial charge on any atom is -0.313 e. The molecule has 0 spiro atoms. The monoisotopic (exact) mass is 847 g/mol. The number of benzene rings is 9. The van der Waals surface area contributed by atoms with Gasteiger partial charge in [0.1, 0.15) is 0 Å². The molecule has 13 rings (SSSR count). The van der Waals surface area contributed by atoms with Crippen molar-refractivity contribution >= 4 is 94.7 Å². The molecule has 1 aliphatic rings. The maximum Gasteiger partial charge on any atom is 0.181 e. The lowest BCUT2D eigenvalue weighted by Gasteiger charge is -2.38. The van der Waals surface area contributed by atoms with Crippen molar-refractivity contribution in [1.82, 2.24) is 13.7 Å². The Morgan fingerprint density at radius 3 is 1.38 bits per heavy atom. The van der Waals surface area contributed by atoms with Crippen molar-refractivity contribution in [3.8, 4) is 11.4 Å². The van der Waals surface area contributed by atoms with Gasteiger partial charge in [0, 0.05) is 55.3 Å². The van der Waals surface area contributed by atoms with Crippen molar-refractivity contribution in [3.05, 3.63) is 242 Å². The predicted octanol–water partition coefficient (Wildman–Crippen LogP) is 13.5. The van der Waals surface area contributed by atoms with E-state index in [4.69, 9.17) is 0 Å². The summed E-state index contributed by atoms with van der Waals surface area (Å²) in [6.07, 6.45) is 6.16. The molecule has 0 aliphatic heterocycles. The standard InChI is InChI=1S/C61H45N3Si/c1-42-37-38-47(39-57(42)64-56-35-19-16-31-50(56)53-40-58-52(41-59(53)64)49-30-15-17-33-54(49)62(58)43-21-6-2-7-22-43)65(45-25-10-4-11-26-45,46-27-12-5-13-28-46)60-36-20-32-51-48-29-14-18-34-55(48)63(61(51)60)44-23-8-3-9-24-44/h2-36,38-42H,37H2,1H3. The molecule has 0 fully saturated rings. The Morgan fingerprint density at radius 2 is 0.815 bits per heavy atom. The van der Waals surface area contributed by atoms with E-state index < -0.39 is 8.07 Å². The van der Waals surface area contributed by atoms with Gasteiger partial charge in [-0.15, -0.1) is 0 Å². The molecule has 308 valence electrons. The highest BCUT2D eigenvalue weighted by Gasteiger charge is 2.45. The van der Waals surface area contributed by atoms with Crippen LogP contribution >= 0.6 is 0 Å². The molecule has 12 aromatic rings. The highest BCUT2D eigenvalue weighted by atomic mass is 28.3. The molecule has 0 radical (unpaired) electrons. The van der Waals surface area contributed by atoms with Crippen LogP contribution in [-0.4, -0.2) is 21.8 Å². The third-order valence-electron chi connectivity index (χ3n) is 14.2. The largest absolute Gasteiger partial charge is 0.313 e. The van der Waals surface area contributed by atoms with Gasteiger partial charge in [0.25, 0.3) is 0 Å². The maximum absolute atomic E-state index is 3.10. The first-order chi connectivity index (χ1) is 32.2. The molecule has 3 aromatic heterocycles. The molecule has 1 aliphatic carbocycles. The predicted molar refractivity (Wildman–Crippen MR) is 278 cm³/mol. The quantitative estimate of drug-likeness (QED) is 0.112. The van der Waals surface area contributed by atoms with Crippen LogP contribution in [0.2, 0.25) is 0 Å². The summed E-state index contributed by atoms with van der Waals surface area (Å²) in [6.45, 7) is 2.42. The summed E-state index contributed by atoms with van der Waals surface area (Å²) in [7, 11) is -3.10. The molecule has 1 atom stereocenters. The second-order valence-corrected chi connectivity index (χ2v) is 21.4. The van der Waals surface area contributed by atoms with Crippen LogP contribution in [0.25, 0.3) is 82.5 Å². The first-order valence-corrected chi connectivity index (χ1v) is 24.8. The second-order valence-electron chi connectivity index (χ2n) is 17.7. The van der Waals surface area contributed by atoms with E-state index in [1.165, 1.54) is 103 Å². The molecular weight excluding hydrogens is 803 g/mol. The molecule has 3 nitrogen and oxygen atoms in total. The van der Waals surface area contributed by atoms with Gasteiger partial charge < -0.3 is 13.7 Å². The first kappa shape index (κ1) is 37.6. The van der Waals surface area contributed by atoms with Crippen LogP contribution in [0.4, 0.5) is 0 Å². The Balaban J connectivity index is 1.14. The minimum atomic E-state index is -3.10. The smallest absolute Gasteiger partial charge is 0.181 e. The number of allylic oxidation sites excluding steroid dienone is 4. The van der Waals surface area contributed by atoms with Gasteiger partial charge >= 0.3 is 0 Å². The van der Waals surface area contributed by atoms with Crippen LogP contribution in [0, 0.1) is 5.92 Å². The zero-order valence-corrected chi connectivity index (χ0v) is 37.1. The fourth-order valence-electron chi connectivity index (χ4n) is 11.4. The summed E-state index contributed by atoms with van der Waals surface area (Å²) >= 11 is 0. The lowest BCUT2D eigenvalue weighted by Crippen LogP contribution is -2.69. The third kappa shape index (κ3) is 5.54. The van der Waals surface area contributed by atoms with E-state index in [2.05, 4.69) is 257 Å². The Kier molecular flexibility index (Phi) is 8.59. The summed E-state index contributed by atoms with van der Waals surface area (Å²) < 4.78 is 7.59. The van der Waals surface area contributed by atoms with E-state index in [9.17, 15) is 0 Å². The van der Waals surface area contributed by atoms with Crippen LogP contribution in [0.1, 0.15) is 13.3 Å². The maximum atomic E-state index is 2.62. The van der Waals surface area contributed by atoms with Gasteiger partial charge in [-0.25, -0.2) is 0 Å². The Hall–Kier alpha value is -7.92. The van der Waals surface area contributed by atoms with Gasteiger partial charge in [0.2, 0.25) is 0 Å². The number of fused-ring (bicyclic) bond motifs is 9. The van der Waals surface area contributed by atoms with Gasteiger partial charge in [-0.2, -0.15) is 0 Å². The van der Waals surface area contributed by atoms with Crippen molar-refractivity contribution in [2.24, 2.45) is 5.92 Å². The average Bonchev–Trinajstić information content (AvgIpc) is 4.01. The fraction of sp³-hybridized carbons (Fsp3) is 0.0492. The molecule has 0 saturated heterocycles. The Bertz CT molecular complexity index is 3810. The lowest BCUT2D eigenvalue weighted by atomic mass is 9.98. The molecule has 0 amide bonds. The average molecular weight is 848 g/mol. The van der Waals surface area contributed by atoms with E-state index in [1.54, 1.807) is 0 Å². The fourth-order valence-corrected chi connectivity index (χ4v) is 16.5. The van der Waals surface area contributed by atoms with Gasteiger partial charge in [0.15, 0.2) is 8.07 Å². The summed E-state index contributed by atoms with van der Waals surface area (Å²) in [4.78, 5) is 0. The number of hydrogen-bond donors (Lipinski definition) is 0. The van der Waals surface area contributed by atoms with Crippen LogP contribution in [0.3, 0.4) is 0 Å². The molecule has 0 N–H and O–H groups in total. The lowest BCUT2D eigenvalue weighted by molar-refractivity contribution is 0.723. The number of hydrogen-bond acceptors (Lipinski definition) is 0. The van der Waals surface area contributed by atoms with Gasteiger partial charge in [0.05, 0.1) is 33.1 Å². The first-order valence-electron chi connectivity index (χ1n) is 22.8. The minimum absolute atomic E-state index is 0.268. The van der Waals surface area contributed by atoms with Gasteiger partial charge in [-0.05, 0) is 87.9 Å². The van der Waals surface area contributed by atoms with E-state index in [0.29, 0.717) is 0 Å². The molecule has 0 saturated carbocycles. The molecule has 0 bridgehead atoms. The second kappa shape index (κ2) is 14.8. The molecule has 4 heteroatoms. The zero-order chi connectivity index (χ0) is 43.1. The van der Waals surface area contributed by atoms with Crippen molar-refractivity contribution < 1.29 is 0 Å².